The molecule has 0 unspecified atom stereocenters. The zero-order valence-corrected chi connectivity index (χ0v) is 9.12. The van der Waals surface area contributed by atoms with Gasteiger partial charge in [0.1, 0.15) is 6.17 Å². The standard InChI is InChI=1S/C12H14N2O2/c1-8(15)16-12-6-7-13-11(12)14-10-5-3-2-4-9(10)12/h2-5,11,13-14H,6-7H2,1H3/t11-,12-/m1/s1. The third-order valence-corrected chi connectivity index (χ3v) is 3.32. The molecule has 2 N–H and O–H groups in total. The number of rotatable bonds is 1. The molecule has 2 atom stereocenters. The zero-order valence-electron chi connectivity index (χ0n) is 9.12. The minimum atomic E-state index is -0.511. The van der Waals surface area contributed by atoms with Crippen LogP contribution >= 0.6 is 0 Å². The predicted molar refractivity (Wildman–Crippen MR) is 59.9 cm³/mol. The maximum atomic E-state index is 11.3. The number of esters is 1. The van der Waals surface area contributed by atoms with Crippen LogP contribution in [0.3, 0.4) is 0 Å². The third-order valence-electron chi connectivity index (χ3n) is 3.32. The van der Waals surface area contributed by atoms with Crippen LogP contribution in [-0.2, 0) is 15.1 Å². The molecule has 0 amide bonds. The molecular formula is C12H14N2O2. The molecule has 0 radical (unpaired) electrons. The molecule has 1 aromatic carbocycles. The van der Waals surface area contributed by atoms with Crippen molar-refractivity contribution in [1.29, 1.82) is 0 Å². The van der Waals surface area contributed by atoms with Gasteiger partial charge in [0.15, 0.2) is 5.60 Å². The molecular weight excluding hydrogens is 204 g/mol. The fourth-order valence-electron chi connectivity index (χ4n) is 2.72. The maximum Gasteiger partial charge on any atom is 0.303 e. The Labute approximate surface area is 94.0 Å². The lowest BCUT2D eigenvalue weighted by Gasteiger charge is -2.28. The molecule has 0 aliphatic carbocycles. The number of hydrogen-bond donors (Lipinski definition) is 2. The second kappa shape index (κ2) is 3.22. The van der Waals surface area contributed by atoms with E-state index < -0.39 is 5.60 Å². The van der Waals surface area contributed by atoms with Crippen LogP contribution < -0.4 is 10.6 Å². The predicted octanol–water partition coefficient (Wildman–Crippen LogP) is 1.19. The summed E-state index contributed by atoms with van der Waals surface area (Å²) >= 11 is 0. The second-order valence-corrected chi connectivity index (χ2v) is 4.31. The number of nitrogens with one attached hydrogen (secondary N) is 2. The lowest BCUT2D eigenvalue weighted by atomic mass is 9.92. The van der Waals surface area contributed by atoms with E-state index in [2.05, 4.69) is 10.6 Å². The van der Waals surface area contributed by atoms with E-state index in [9.17, 15) is 4.79 Å². The molecule has 1 fully saturated rings. The van der Waals surface area contributed by atoms with Crippen LogP contribution in [0, 0.1) is 0 Å². The van der Waals surface area contributed by atoms with Crippen molar-refractivity contribution < 1.29 is 9.53 Å². The normalized spacial score (nSPS) is 30.4. The number of anilines is 1. The van der Waals surface area contributed by atoms with Gasteiger partial charge in [-0.1, -0.05) is 18.2 Å². The number of para-hydroxylation sites is 1. The second-order valence-electron chi connectivity index (χ2n) is 4.31. The van der Waals surface area contributed by atoms with E-state index in [-0.39, 0.29) is 12.1 Å². The average molecular weight is 218 g/mol. The molecule has 3 rings (SSSR count). The summed E-state index contributed by atoms with van der Waals surface area (Å²) < 4.78 is 5.59. The summed E-state index contributed by atoms with van der Waals surface area (Å²) in [6.45, 7) is 2.32. The molecule has 4 heteroatoms. The Balaban J connectivity index is 2.09. The van der Waals surface area contributed by atoms with Gasteiger partial charge in [-0.2, -0.15) is 0 Å². The van der Waals surface area contributed by atoms with E-state index in [1.807, 2.05) is 24.3 Å². The molecule has 0 bridgehead atoms. The van der Waals surface area contributed by atoms with Crippen LogP contribution in [0.25, 0.3) is 0 Å². The molecule has 2 aliphatic heterocycles. The van der Waals surface area contributed by atoms with E-state index in [1.54, 1.807) is 0 Å². The number of carbonyl (C=O) groups excluding carboxylic acids is 1. The first kappa shape index (κ1) is 9.66. The van der Waals surface area contributed by atoms with Crippen molar-refractivity contribution >= 4 is 11.7 Å². The van der Waals surface area contributed by atoms with Gasteiger partial charge in [0, 0.05) is 31.1 Å². The average Bonchev–Trinajstić information content (AvgIpc) is 2.72. The maximum absolute atomic E-state index is 11.3. The number of hydrogen-bond acceptors (Lipinski definition) is 4. The molecule has 0 spiro atoms. The summed E-state index contributed by atoms with van der Waals surface area (Å²) in [6.07, 6.45) is 0.829. The van der Waals surface area contributed by atoms with Crippen molar-refractivity contribution in [3.63, 3.8) is 0 Å². The summed E-state index contributed by atoms with van der Waals surface area (Å²) in [5.41, 5.74) is 1.63. The van der Waals surface area contributed by atoms with Gasteiger partial charge in [-0.3, -0.25) is 10.1 Å². The van der Waals surface area contributed by atoms with Gasteiger partial charge in [-0.05, 0) is 6.07 Å². The zero-order chi connectivity index (χ0) is 11.2. The molecule has 16 heavy (non-hydrogen) atoms. The van der Waals surface area contributed by atoms with Crippen molar-refractivity contribution in [1.82, 2.24) is 5.32 Å². The molecule has 1 saturated heterocycles. The highest BCUT2D eigenvalue weighted by Crippen LogP contribution is 2.45. The largest absolute Gasteiger partial charge is 0.451 e. The van der Waals surface area contributed by atoms with E-state index in [1.165, 1.54) is 6.92 Å². The SMILES string of the molecule is CC(=O)O[C@@]12CCN[C@@H]1Nc1ccccc12. The Morgan fingerprint density at radius 3 is 3.12 bits per heavy atom. The Morgan fingerprint density at radius 1 is 1.50 bits per heavy atom. The van der Waals surface area contributed by atoms with Gasteiger partial charge in [-0.25, -0.2) is 0 Å². The monoisotopic (exact) mass is 218 g/mol. The molecule has 2 heterocycles. The van der Waals surface area contributed by atoms with Crippen molar-refractivity contribution in [2.24, 2.45) is 0 Å². The molecule has 0 saturated carbocycles. The first-order valence-corrected chi connectivity index (χ1v) is 5.51. The number of carbonyl (C=O) groups is 1. The highest BCUT2D eigenvalue weighted by atomic mass is 16.6. The van der Waals surface area contributed by atoms with Gasteiger partial charge in [0.25, 0.3) is 0 Å². The van der Waals surface area contributed by atoms with Gasteiger partial charge in [0.05, 0.1) is 0 Å². The fourth-order valence-corrected chi connectivity index (χ4v) is 2.72. The fraction of sp³-hybridized carbons (Fsp3) is 0.417. The lowest BCUT2D eigenvalue weighted by Crippen LogP contribution is -2.43. The number of ether oxygens (including phenoxy) is 1. The van der Waals surface area contributed by atoms with Gasteiger partial charge < -0.3 is 10.1 Å². The number of fused-ring (bicyclic) bond motifs is 3. The Bertz CT molecular complexity index is 446. The molecule has 4 nitrogen and oxygen atoms in total. The lowest BCUT2D eigenvalue weighted by molar-refractivity contribution is -0.158. The summed E-state index contributed by atoms with van der Waals surface area (Å²) in [4.78, 5) is 11.3. The Kier molecular flexibility index (Phi) is 1.94. The van der Waals surface area contributed by atoms with Gasteiger partial charge in [-0.15, -0.1) is 0 Å². The first-order chi connectivity index (χ1) is 7.72. The van der Waals surface area contributed by atoms with E-state index in [0.29, 0.717) is 0 Å². The van der Waals surface area contributed by atoms with E-state index >= 15 is 0 Å². The summed E-state index contributed by atoms with van der Waals surface area (Å²) in [5.74, 6) is -0.229. The third kappa shape index (κ3) is 1.16. The Morgan fingerprint density at radius 2 is 2.31 bits per heavy atom. The smallest absolute Gasteiger partial charge is 0.303 e. The molecule has 2 aliphatic rings. The quantitative estimate of drug-likeness (QED) is 0.695. The highest BCUT2D eigenvalue weighted by molar-refractivity contribution is 5.70. The van der Waals surface area contributed by atoms with Crippen LogP contribution in [0.1, 0.15) is 18.9 Å². The van der Waals surface area contributed by atoms with Crippen LogP contribution in [0.4, 0.5) is 5.69 Å². The van der Waals surface area contributed by atoms with Crippen molar-refractivity contribution in [3.05, 3.63) is 29.8 Å². The molecule has 0 aromatic heterocycles. The topological polar surface area (TPSA) is 50.4 Å². The van der Waals surface area contributed by atoms with Crippen LogP contribution in [0.15, 0.2) is 24.3 Å². The minimum Gasteiger partial charge on any atom is -0.451 e. The number of benzene rings is 1. The van der Waals surface area contributed by atoms with Crippen molar-refractivity contribution in [2.45, 2.75) is 25.1 Å². The summed E-state index contributed by atoms with van der Waals surface area (Å²) in [7, 11) is 0. The van der Waals surface area contributed by atoms with Gasteiger partial charge >= 0.3 is 5.97 Å². The Hall–Kier alpha value is -1.55. The van der Waals surface area contributed by atoms with Crippen LogP contribution in [0.2, 0.25) is 0 Å². The van der Waals surface area contributed by atoms with Crippen molar-refractivity contribution in [3.8, 4) is 0 Å². The molecule has 1 aromatic rings. The van der Waals surface area contributed by atoms with E-state index in [0.717, 1.165) is 24.2 Å². The summed E-state index contributed by atoms with van der Waals surface area (Å²) in [6, 6.07) is 8.00. The van der Waals surface area contributed by atoms with E-state index in [4.69, 9.17) is 4.74 Å². The minimum absolute atomic E-state index is 0.00815. The summed E-state index contributed by atoms with van der Waals surface area (Å²) in [5, 5.41) is 6.68. The van der Waals surface area contributed by atoms with Crippen LogP contribution in [0.5, 0.6) is 0 Å². The van der Waals surface area contributed by atoms with Crippen molar-refractivity contribution in [2.75, 3.05) is 11.9 Å². The van der Waals surface area contributed by atoms with Crippen LogP contribution in [-0.4, -0.2) is 18.7 Å². The highest BCUT2D eigenvalue weighted by Gasteiger charge is 2.52. The molecule has 84 valence electrons. The first-order valence-electron chi connectivity index (χ1n) is 5.51. The van der Waals surface area contributed by atoms with Gasteiger partial charge in [0.2, 0.25) is 0 Å².